The maximum atomic E-state index is 7.02. The van der Waals surface area contributed by atoms with E-state index in [-0.39, 0.29) is 0 Å². The second kappa shape index (κ2) is 5.91. The molecule has 0 unspecified atom stereocenters. The molecule has 3 nitrogen and oxygen atoms in total. The molecule has 0 saturated heterocycles. The van der Waals surface area contributed by atoms with Gasteiger partial charge in [-0.25, -0.2) is 0 Å². The van der Waals surface area contributed by atoms with Gasteiger partial charge in [0.2, 0.25) is 5.82 Å². The number of aromatic nitrogens is 2. The summed E-state index contributed by atoms with van der Waals surface area (Å²) in [5.41, 5.74) is 0. The quantitative estimate of drug-likeness (QED) is 0.463. The maximum Gasteiger partial charge on any atom is 0.301 e. The SMILES string of the molecule is [C-]#[N+]c1nc(CCCC)n(CC=C)c1I. The standard InChI is InChI=1S/C11H14IN3/c1-4-6-7-9-14-11(13-3)10(12)15(9)8-5-2/h5H,2,4,6-8H2,1H3. The number of nitrogens with zero attached hydrogens (tertiary/aromatic N) is 3. The molecular weight excluding hydrogens is 301 g/mol. The number of aryl methyl sites for hydroxylation is 1. The van der Waals surface area contributed by atoms with E-state index in [9.17, 15) is 0 Å². The van der Waals surface area contributed by atoms with Crippen LogP contribution in [0.25, 0.3) is 4.85 Å². The zero-order chi connectivity index (χ0) is 11.3. The molecule has 1 heterocycles. The van der Waals surface area contributed by atoms with Crippen molar-refractivity contribution in [3.05, 3.63) is 33.6 Å². The molecule has 0 amide bonds. The minimum atomic E-state index is 0.517. The van der Waals surface area contributed by atoms with E-state index < -0.39 is 0 Å². The van der Waals surface area contributed by atoms with Crippen LogP contribution in [0, 0.1) is 10.3 Å². The Hall–Kier alpha value is -0.830. The van der Waals surface area contributed by atoms with Crippen LogP contribution in [0.3, 0.4) is 0 Å². The van der Waals surface area contributed by atoms with Crippen molar-refractivity contribution >= 4 is 28.4 Å². The largest absolute Gasteiger partial charge is 0.359 e. The summed E-state index contributed by atoms with van der Waals surface area (Å²) in [6.07, 6.45) is 5.04. The summed E-state index contributed by atoms with van der Waals surface area (Å²) >= 11 is 2.18. The zero-order valence-corrected chi connectivity index (χ0v) is 11.0. The molecule has 15 heavy (non-hydrogen) atoms. The van der Waals surface area contributed by atoms with Crippen molar-refractivity contribution in [1.82, 2.24) is 9.55 Å². The highest BCUT2D eigenvalue weighted by Gasteiger charge is 2.15. The topological polar surface area (TPSA) is 22.2 Å². The number of unbranched alkanes of at least 4 members (excludes halogenated alkanes) is 1. The third-order valence-electron chi connectivity index (χ3n) is 2.14. The van der Waals surface area contributed by atoms with Crippen LogP contribution in [-0.4, -0.2) is 9.55 Å². The van der Waals surface area contributed by atoms with Gasteiger partial charge >= 0.3 is 5.82 Å². The molecule has 1 aromatic heterocycles. The fourth-order valence-corrected chi connectivity index (χ4v) is 2.09. The average molecular weight is 315 g/mol. The summed E-state index contributed by atoms with van der Waals surface area (Å²) in [5, 5.41) is 0. The van der Waals surface area contributed by atoms with Crippen LogP contribution in [0.1, 0.15) is 25.6 Å². The first-order valence-electron chi connectivity index (χ1n) is 4.97. The van der Waals surface area contributed by atoms with Gasteiger partial charge in [0.05, 0.1) is 0 Å². The van der Waals surface area contributed by atoms with Gasteiger partial charge in [0.25, 0.3) is 0 Å². The van der Waals surface area contributed by atoms with Gasteiger partial charge in [-0.3, -0.25) is 0 Å². The lowest BCUT2D eigenvalue weighted by atomic mass is 10.2. The summed E-state index contributed by atoms with van der Waals surface area (Å²) in [7, 11) is 0. The summed E-state index contributed by atoms with van der Waals surface area (Å²) in [6.45, 7) is 13.6. The van der Waals surface area contributed by atoms with Crippen molar-refractivity contribution in [2.24, 2.45) is 0 Å². The Morgan fingerprint density at radius 2 is 2.40 bits per heavy atom. The normalized spacial score (nSPS) is 9.93. The van der Waals surface area contributed by atoms with E-state index in [4.69, 9.17) is 6.57 Å². The van der Waals surface area contributed by atoms with Crippen LogP contribution in [0.5, 0.6) is 0 Å². The first kappa shape index (κ1) is 12.2. The Morgan fingerprint density at radius 1 is 1.67 bits per heavy atom. The van der Waals surface area contributed by atoms with E-state index in [1.54, 1.807) is 0 Å². The minimum absolute atomic E-state index is 0.517. The van der Waals surface area contributed by atoms with Crippen LogP contribution in [0.15, 0.2) is 12.7 Å². The van der Waals surface area contributed by atoms with Gasteiger partial charge < -0.3 is 9.41 Å². The van der Waals surface area contributed by atoms with Crippen molar-refractivity contribution in [3.8, 4) is 0 Å². The molecule has 0 bridgehead atoms. The molecule has 0 N–H and O–H groups in total. The molecule has 0 atom stereocenters. The van der Waals surface area contributed by atoms with Gasteiger partial charge in [-0.2, -0.15) is 0 Å². The fraction of sp³-hybridized carbons (Fsp3) is 0.455. The van der Waals surface area contributed by atoms with Gasteiger partial charge in [-0.1, -0.05) is 26.0 Å². The molecular formula is C11H14IN3. The molecule has 0 aliphatic heterocycles. The first-order valence-corrected chi connectivity index (χ1v) is 6.05. The van der Waals surface area contributed by atoms with Crippen molar-refractivity contribution in [2.75, 3.05) is 0 Å². The third kappa shape index (κ3) is 2.81. The second-order valence-electron chi connectivity index (χ2n) is 3.26. The van der Waals surface area contributed by atoms with Crippen molar-refractivity contribution < 1.29 is 0 Å². The van der Waals surface area contributed by atoms with Gasteiger partial charge in [0.15, 0.2) is 0 Å². The predicted octanol–water partition coefficient (Wildman–Crippen LogP) is 3.57. The number of halogens is 1. The van der Waals surface area contributed by atoms with Crippen LogP contribution < -0.4 is 0 Å². The molecule has 0 aromatic carbocycles. The Bertz CT molecular complexity index is 387. The lowest BCUT2D eigenvalue weighted by Gasteiger charge is -2.03. The van der Waals surface area contributed by atoms with E-state index >= 15 is 0 Å². The zero-order valence-electron chi connectivity index (χ0n) is 8.83. The smallest absolute Gasteiger partial charge is 0.301 e. The summed E-state index contributed by atoms with van der Waals surface area (Å²) in [5.74, 6) is 1.52. The number of allylic oxidation sites excluding steroid dienone is 1. The number of rotatable bonds is 5. The van der Waals surface area contributed by atoms with E-state index in [0.717, 1.165) is 35.3 Å². The number of hydrogen-bond acceptors (Lipinski definition) is 1. The van der Waals surface area contributed by atoms with Crippen LogP contribution in [0.2, 0.25) is 0 Å². The summed E-state index contributed by atoms with van der Waals surface area (Å²) in [6, 6.07) is 0. The number of imidazole rings is 1. The lowest BCUT2D eigenvalue weighted by molar-refractivity contribution is 0.678. The molecule has 0 aliphatic carbocycles. The van der Waals surface area contributed by atoms with Crippen molar-refractivity contribution in [3.63, 3.8) is 0 Å². The highest BCUT2D eigenvalue weighted by Crippen LogP contribution is 2.23. The van der Waals surface area contributed by atoms with E-state index in [0.29, 0.717) is 5.82 Å². The molecule has 80 valence electrons. The highest BCUT2D eigenvalue weighted by molar-refractivity contribution is 14.1. The predicted molar refractivity (Wildman–Crippen MR) is 70.0 cm³/mol. The molecule has 0 fully saturated rings. The van der Waals surface area contributed by atoms with E-state index in [1.807, 2.05) is 6.08 Å². The highest BCUT2D eigenvalue weighted by atomic mass is 127. The van der Waals surface area contributed by atoms with Crippen molar-refractivity contribution in [1.29, 1.82) is 0 Å². The van der Waals surface area contributed by atoms with Crippen LogP contribution >= 0.6 is 22.6 Å². The van der Waals surface area contributed by atoms with Gasteiger partial charge in [0, 0.05) is 13.0 Å². The average Bonchev–Trinajstić information content (AvgIpc) is 2.54. The molecule has 0 spiro atoms. The number of hydrogen-bond donors (Lipinski definition) is 0. The Labute approximate surface area is 104 Å². The summed E-state index contributed by atoms with van der Waals surface area (Å²) in [4.78, 5) is 7.76. The Morgan fingerprint density at radius 3 is 2.93 bits per heavy atom. The minimum Gasteiger partial charge on any atom is -0.359 e. The lowest BCUT2D eigenvalue weighted by Crippen LogP contribution is -2.04. The fourth-order valence-electron chi connectivity index (χ4n) is 1.37. The molecule has 4 heteroatoms. The van der Waals surface area contributed by atoms with Gasteiger partial charge in [-0.05, 0) is 29.0 Å². The van der Waals surface area contributed by atoms with Crippen molar-refractivity contribution in [2.45, 2.75) is 32.7 Å². The van der Waals surface area contributed by atoms with E-state index in [2.05, 4.69) is 50.5 Å². The van der Waals surface area contributed by atoms with E-state index in [1.165, 1.54) is 0 Å². The maximum absolute atomic E-state index is 7.02. The monoisotopic (exact) mass is 315 g/mol. The molecule has 1 rings (SSSR count). The second-order valence-corrected chi connectivity index (χ2v) is 4.28. The van der Waals surface area contributed by atoms with Gasteiger partial charge in [-0.15, -0.1) is 11.6 Å². The van der Waals surface area contributed by atoms with Gasteiger partial charge in [0.1, 0.15) is 3.70 Å². The summed E-state index contributed by atoms with van der Waals surface area (Å²) < 4.78 is 2.99. The van der Waals surface area contributed by atoms with Crippen LogP contribution in [-0.2, 0) is 13.0 Å². The molecule has 0 aliphatic rings. The first-order chi connectivity index (χ1) is 7.24. The Balaban J connectivity index is 3.02. The van der Waals surface area contributed by atoms with Crippen LogP contribution in [0.4, 0.5) is 5.82 Å². The molecule has 1 aromatic rings. The molecule has 0 saturated carbocycles. The molecule has 0 radical (unpaired) electrons. The third-order valence-corrected chi connectivity index (χ3v) is 3.20. The Kier molecular flexibility index (Phi) is 4.82.